The fraction of sp³-hybridized carbons (Fsp3) is 0.409. The summed E-state index contributed by atoms with van der Waals surface area (Å²) < 4.78 is 5.44. The van der Waals surface area contributed by atoms with Crippen LogP contribution in [0.15, 0.2) is 42.5 Å². The Morgan fingerprint density at radius 3 is 2.86 bits per heavy atom. The molecule has 28 heavy (non-hydrogen) atoms. The third kappa shape index (κ3) is 4.42. The summed E-state index contributed by atoms with van der Waals surface area (Å²) in [6.45, 7) is 3.31. The average molecular weight is 400 g/mol. The summed E-state index contributed by atoms with van der Waals surface area (Å²) in [7, 11) is 0. The molecule has 1 aliphatic carbocycles. The molecule has 1 saturated heterocycles. The maximum absolute atomic E-state index is 12.6. The molecule has 1 fully saturated rings. The Bertz CT molecular complexity index is 836. The van der Waals surface area contributed by atoms with Gasteiger partial charge in [-0.1, -0.05) is 35.9 Å². The number of morpholine rings is 1. The van der Waals surface area contributed by atoms with E-state index in [1.165, 1.54) is 11.1 Å². The van der Waals surface area contributed by atoms with Crippen molar-refractivity contribution in [1.82, 2.24) is 5.32 Å². The molecule has 2 aromatic rings. The van der Waals surface area contributed by atoms with Crippen LogP contribution < -0.4 is 15.5 Å². The topological polar surface area (TPSA) is 53.6 Å². The van der Waals surface area contributed by atoms with Gasteiger partial charge in [0.15, 0.2) is 0 Å². The zero-order valence-corrected chi connectivity index (χ0v) is 16.7. The number of benzene rings is 2. The van der Waals surface area contributed by atoms with Crippen LogP contribution in [-0.2, 0) is 16.0 Å². The largest absolute Gasteiger partial charge is 0.378 e. The maximum Gasteiger partial charge on any atom is 0.239 e. The highest BCUT2D eigenvalue weighted by Crippen LogP contribution is 2.31. The first-order chi connectivity index (χ1) is 13.7. The van der Waals surface area contributed by atoms with E-state index in [-0.39, 0.29) is 18.5 Å². The van der Waals surface area contributed by atoms with Gasteiger partial charge in [-0.05, 0) is 48.6 Å². The number of rotatable bonds is 5. The normalized spacial score (nSPS) is 19.0. The number of carbonyl (C=O) groups is 1. The van der Waals surface area contributed by atoms with E-state index >= 15 is 0 Å². The Kier molecular flexibility index (Phi) is 6.03. The molecule has 0 radical (unpaired) electrons. The number of ether oxygens (including phenoxy) is 1. The molecule has 2 aromatic carbocycles. The monoisotopic (exact) mass is 399 g/mol. The van der Waals surface area contributed by atoms with Gasteiger partial charge in [0.05, 0.1) is 37.2 Å². The fourth-order valence-electron chi connectivity index (χ4n) is 4.05. The summed E-state index contributed by atoms with van der Waals surface area (Å²) in [4.78, 5) is 14.9. The SMILES string of the molecule is O=C(CNc1cc(Cl)ccc1N1CCOCC1)NC1CCCc2ccccc21. The Labute approximate surface area is 171 Å². The Balaban J connectivity index is 1.41. The van der Waals surface area contributed by atoms with Gasteiger partial charge in [0, 0.05) is 18.1 Å². The molecule has 0 aromatic heterocycles. The molecule has 0 bridgehead atoms. The number of aryl methyl sites for hydroxylation is 1. The molecule has 5 nitrogen and oxygen atoms in total. The van der Waals surface area contributed by atoms with Crippen molar-refractivity contribution in [2.24, 2.45) is 0 Å². The first-order valence-corrected chi connectivity index (χ1v) is 10.3. The Morgan fingerprint density at radius 1 is 1.18 bits per heavy atom. The molecule has 2 N–H and O–H groups in total. The van der Waals surface area contributed by atoms with Crippen molar-refractivity contribution in [3.63, 3.8) is 0 Å². The van der Waals surface area contributed by atoms with Gasteiger partial charge in [-0.15, -0.1) is 0 Å². The number of nitrogens with zero attached hydrogens (tertiary/aromatic N) is 1. The van der Waals surface area contributed by atoms with Crippen LogP contribution in [0.3, 0.4) is 0 Å². The maximum atomic E-state index is 12.6. The molecule has 0 spiro atoms. The van der Waals surface area contributed by atoms with Gasteiger partial charge in [-0.3, -0.25) is 4.79 Å². The summed E-state index contributed by atoms with van der Waals surface area (Å²) >= 11 is 6.20. The molecular formula is C22H26ClN3O2. The van der Waals surface area contributed by atoms with Crippen LogP contribution in [0.2, 0.25) is 5.02 Å². The van der Waals surface area contributed by atoms with Crippen LogP contribution in [0.5, 0.6) is 0 Å². The summed E-state index contributed by atoms with van der Waals surface area (Å²) in [6.07, 6.45) is 3.18. The summed E-state index contributed by atoms with van der Waals surface area (Å²) in [6, 6.07) is 14.3. The number of amides is 1. The van der Waals surface area contributed by atoms with Gasteiger partial charge in [0.1, 0.15) is 0 Å². The second kappa shape index (κ2) is 8.84. The van der Waals surface area contributed by atoms with Crippen LogP contribution >= 0.6 is 11.6 Å². The highest BCUT2D eigenvalue weighted by Gasteiger charge is 2.21. The van der Waals surface area contributed by atoms with Crippen molar-refractivity contribution in [3.8, 4) is 0 Å². The van der Waals surface area contributed by atoms with Crippen molar-refractivity contribution < 1.29 is 9.53 Å². The predicted molar refractivity (Wildman–Crippen MR) is 113 cm³/mol. The van der Waals surface area contributed by atoms with E-state index in [0.29, 0.717) is 18.2 Å². The summed E-state index contributed by atoms with van der Waals surface area (Å²) in [5, 5.41) is 7.13. The third-order valence-corrected chi connectivity index (χ3v) is 5.69. The van der Waals surface area contributed by atoms with E-state index in [2.05, 4.69) is 33.7 Å². The number of hydrogen-bond acceptors (Lipinski definition) is 4. The standard InChI is InChI=1S/C22H26ClN3O2/c23-17-8-9-21(26-10-12-28-13-11-26)20(14-17)24-15-22(27)25-19-7-3-5-16-4-1-2-6-18(16)19/h1-2,4,6,8-9,14,19,24H,3,5,7,10-13,15H2,(H,25,27). The Morgan fingerprint density at radius 2 is 2.00 bits per heavy atom. The van der Waals surface area contributed by atoms with E-state index in [9.17, 15) is 4.79 Å². The Hall–Kier alpha value is -2.24. The van der Waals surface area contributed by atoms with Crippen molar-refractivity contribution in [2.45, 2.75) is 25.3 Å². The highest BCUT2D eigenvalue weighted by molar-refractivity contribution is 6.31. The first kappa shape index (κ1) is 19.1. The number of hydrogen-bond donors (Lipinski definition) is 2. The first-order valence-electron chi connectivity index (χ1n) is 9.94. The number of nitrogens with one attached hydrogen (secondary N) is 2. The van der Waals surface area contributed by atoms with Crippen LogP contribution in [0, 0.1) is 0 Å². The van der Waals surface area contributed by atoms with Gasteiger partial charge in [-0.2, -0.15) is 0 Å². The van der Waals surface area contributed by atoms with Crippen molar-refractivity contribution in [2.75, 3.05) is 43.1 Å². The van der Waals surface area contributed by atoms with Crippen molar-refractivity contribution in [3.05, 3.63) is 58.6 Å². The van der Waals surface area contributed by atoms with E-state index in [1.807, 2.05) is 24.3 Å². The second-order valence-corrected chi connectivity index (χ2v) is 7.76. The number of halogens is 1. The van der Waals surface area contributed by atoms with Crippen LogP contribution in [0.4, 0.5) is 11.4 Å². The predicted octanol–water partition coefficient (Wildman–Crippen LogP) is 3.78. The molecule has 4 rings (SSSR count). The van der Waals surface area contributed by atoms with Crippen LogP contribution in [-0.4, -0.2) is 38.8 Å². The van der Waals surface area contributed by atoms with Crippen molar-refractivity contribution in [1.29, 1.82) is 0 Å². The average Bonchev–Trinajstić information content (AvgIpc) is 2.73. The number of carbonyl (C=O) groups excluding carboxylic acids is 1. The molecule has 1 atom stereocenters. The number of fused-ring (bicyclic) bond motifs is 1. The molecule has 0 saturated carbocycles. The van der Waals surface area contributed by atoms with Crippen LogP contribution in [0.1, 0.15) is 30.0 Å². The van der Waals surface area contributed by atoms with E-state index in [4.69, 9.17) is 16.3 Å². The highest BCUT2D eigenvalue weighted by atomic mass is 35.5. The molecule has 6 heteroatoms. The van der Waals surface area contributed by atoms with E-state index < -0.39 is 0 Å². The smallest absolute Gasteiger partial charge is 0.239 e. The molecule has 1 amide bonds. The molecule has 1 unspecified atom stereocenters. The molecule has 148 valence electrons. The zero-order chi connectivity index (χ0) is 19.3. The van der Waals surface area contributed by atoms with Gasteiger partial charge < -0.3 is 20.3 Å². The molecule has 1 aliphatic heterocycles. The third-order valence-electron chi connectivity index (χ3n) is 5.45. The van der Waals surface area contributed by atoms with Gasteiger partial charge in [0.25, 0.3) is 0 Å². The molecule has 1 heterocycles. The lowest BCUT2D eigenvalue weighted by atomic mass is 9.88. The fourth-order valence-corrected chi connectivity index (χ4v) is 4.23. The second-order valence-electron chi connectivity index (χ2n) is 7.33. The van der Waals surface area contributed by atoms with Crippen molar-refractivity contribution >= 4 is 28.9 Å². The summed E-state index contributed by atoms with van der Waals surface area (Å²) in [5.74, 6) is -0.00499. The van der Waals surface area contributed by atoms with Gasteiger partial charge >= 0.3 is 0 Å². The minimum atomic E-state index is -0.00499. The van der Waals surface area contributed by atoms with Gasteiger partial charge in [0.2, 0.25) is 5.91 Å². The lowest BCUT2D eigenvalue weighted by molar-refractivity contribution is -0.120. The summed E-state index contributed by atoms with van der Waals surface area (Å²) in [5.41, 5.74) is 4.53. The molecule has 2 aliphatic rings. The zero-order valence-electron chi connectivity index (χ0n) is 15.9. The molecular weight excluding hydrogens is 374 g/mol. The van der Waals surface area contributed by atoms with Crippen LogP contribution in [0.25, 0.3) is 0 Å². The van der Waals surface area contributed by atoms with E-state index in [0.717, 1.165) is 43.7 Å². The minimum Gasteiger partial charge on any atom is -0.378 e. The minimum absolute atomic E-state index is 0.00499. The number of anilines is 2. The quantitative estimate of drug-likeness (QED) is 0.803. The lowest BCUT2D eigenvalue weighted by Crippen LogP contribution is -2.37. The van der Waals surface area contributed by atoms with E-state index in [1.54, 1.807) is 0 Å². The lowest BCUT2D eigenvalue weighted by Gasteiger charge is -2.31. The van der Waals surface area contributed by atoms with Gasteiger partial charge in [-0.25, -0.2) is 0 Å².